The maximum atomic E-state index is 9.27. The molecule has 0 atom stereocenters. The number of aliphatic imine (C=N–C) groups is 1. The molecular formula is C30H16N4OS. The molecule has 3 aromatic heterocycles. The third-order valence-corrected chi connectivity index (χ3v) is 7.53. The Morgan fingerprint density at radius 1 is 0.750 bits per heavy atom. The third-order valence-electron chi connectivity index (χ3n) is 6.47. The minimum atomic E-state index is 0.103. The third kappa shape index (κ3) is 3.11. The van der Waals surface area contributed by atoms with Gasteiger partial charge in [-0.1, -0.05) is 48.5 Å². The fourth-order valence-electron chi connectivity index (χ4n) is 4.78. The average Bonchev–Trinajstić information content (AvgIpc) is 3.49. The van der Waals surface area contributed by atoms with E-state index < -0.39 is 0 Å². The van der Waals surface area contributed by atoms with Crippen molar-refractivity contribution in [3.63, 3.8) is 0 Å². The number of nitrogens with zero attached hydrogens (tertiary/aromatic N) is 4. The second-order valence-corrected chi connectivity index (χ2v) is 9.55. The lowest BCUT2D eigenvalue weighted by atomic mass is 9.97. The molecule has 0 saturated heterocycles. The van der Waals surface area contributed by atoms with E-state index in [2.05, 4.69) is 82.3 Å². The predicted molar refractivity (Wildman–Crippen MR) is 147 cm³/mol. The second kappa shape index (κ2) is 7.84. The number of furan rings is 1. The zero-order valence-electron chi connectivity index (χ0n) is 18.9. The summed E-state index contributed by atoms with van der Waals surface area (Å²) >= 11 is 1.53. The summed E-state index contributed by atoms with van der Waals surface area (Å²) in [4.78, 5) is 13.5. The van der Waals surface area contributed by atoms with E-state index in [0.29, 0.717) is 5.82 Å². The Morgan fingerprint density at radius 2 is 1.47 bits per heavy atom. The summed E-state index contributed by atoms with van der Waals surface area (Å²) in [5.74, 6) is 0.543. The Labute approximate surface area is 209 Å². The van der Waals surface area contributed by atoms with Crippen molar-refractivity contribution in [2.45, 2.75) is 0 Å². The molecule has 4 aromatic carbocycles. The van der Waals surface area contributed by atoms with Gasteiger partial charge in [0.25, 0.3) is 0 Å². The van der Waals surface area contributed by atoms with Crippen LogP contribution in [-0.2, 0) is 0 Å². The Balaban J connectivity index is 1.37. The molecule has 7 rings (SSSR count). The summed E-state index contributed by atoms with van der Waals surface area (Å²) < 4.78 is 7.07. The van der Waals surface area contributed by atoms with Crippen LogP contribution in [0.5, 0.6) is 0 Å². The normalized spacial score (nSPS) is 11.4. The van der Waals surface area contributed by atoms with Gasteiger partial charge in [-0.05, 0) is 65.4 Å². The van der Waals surface area contributed by atoms with Crippen molar-refractivity contribution in [3.8, 4) is 28.3 Å². The number of nitriles is 1. The van der Waals surface area contributed by atoms with Crippen LogP contribution in [0.3, 0.4) is 0 Å². The molecule has 3 heterocycles. The quantitative estimate of drug-likeness (QED) is 0.238. The monoisotopic (exact) mass is 480 g/mol. The Kier molecular flexibility index (Phi) is 4.47. The number of aromatic nitrogens is 2. The predicted octanol–water partition coefficient (Wildman–Crippen LogP) is 8.28. The zero-order chi connectivity index (χ0) is 24.2. The standard InChI is InChI=1S/C30H16N4OS/c1-32-29-28-23-15-20(10-12-26(23)36-30(28)34-27(16-31)33-29)18-6-4-5-17(13-18)19-9-11-25-22(14-19)21-7-2-3-8-24(21)35-25/h2-15H,1H2. The molecule has 0 N–H and O–H groups in total. The van der Waals surface area contributed by atoms with E-state index in [9.17, 15) is 5.26 Å². The van der Waals surface area contributed by atoms with Crippen LogP contribution in [0.1, 0.15) is 5.82 Å². The van der Waals surface area contributed by atoms with Crippen molar-refractivity contribution < 1.29 is 4.42 Å². The van der Waals surface area contributed by atoms with Gasteiger partial charge in [-0.3, -0.25) is 0 Å². The van der Waals surface area contributed by atoms with Gasteiger partial charge in [0.1, 0.15) is 22.1 Å². The van der Waals surface area contributed by atoms with Gasteiger partial charge in [0.2, 0.25) is 5.82 Å². The van der Waals surface area contributed by atoms with Crippen molar-refractivity contribution in [1.82, 2.24) is 9.97 Å². The van der Waals surface area contributed by atoms with E-state index >= 15 is 0 Å². The van der Waals surface area contributed by atoms with E-state index in [-0.39, 0.29) is 5.82 Å². The maximum Gasteiger partial charge on any atom is 0.235 e. The molecular weight excluding hydrogens is 464 g/mol. The molecule has 36 heavy (non-hydrogen) atoms. The van der Waals surface area contributed by atoms with Crippen LogP contribution in [0.25, 0.3) is 64.5 Å². The summed E-state index contributed by atoms with van der Waals surface area (Å²) in [5, 5.41) is 13.3. The Morgan fingerprint density at radius 3 is 2.28 bits per heavy atom. The van der Waals surface area contributed by atoms with Crippen molar-refractivity contribution in [2.24, 2.45) is 4.99 Å². The summed E-state index contributed by atoms with van der Waals surface area (Å²) in [6, 6.07) is 31.3. The van der Waals surface area contributed by atoms with Crippen LogP contribution in [0.2, 0.25) is 0 Å². The summed E-state index contributed by atoms with van der Waals surface area (Å²) in [6.45, 7) is 3.65. The highest BCUT2D eigenvalue weighted by Gasteiger charge is 2.15. The van der Waals surface area contributed by atoms with Crippen LogP contribution in [0.4, 0.5) is 5.82 Å². The molecule has 0 unspecified atom stereocenters. The molecule has 0 amide bonds. The molecule has 5 nitrogen and oxygen atoms in total. The number of fused-ring (bicyclic) bond motifs is 6. The number of hydrogen-bond acceptors (Lipinski definition) is 6. The number of benzene rings is 4. The number of hydrogen-bond donors (Lipinski definition) is 0. The van der Waals surface area contributed by atoms with Gasteiger partial charge in [0.15, 0.2) is 5.82 Å². The summed E-state index contributed by atoms with van der Waals surface area (Å²) in [7, 11) is 0. The molecule has 0 aliphatic heterocycles. The molecule has 0 aliphatic carbocycles. The summed E-state index contributed by atoms with van der Waals surface area (Å²) in [6.07, 6.45) is 0. The molecule has 0 aliphatic rings. The lowest BCUT2D eigenvalue weighted by molar-refractivity contribution is 0.669. The lowest BCUT2D eigenvalue weighted by Gasteiger charge is -2.07. The van der Waals surface area contributed by atoms with Crippen LogP contribution >= 0.6 is 11.3 Å². The van der Waals surface area contributed by atoms with E-state index in [1.54, 1.807) is 0 Å². The van der Waals surface area contributed by atoms with Crippen LogP contribution in [0, 0.1) is 11.3 Å². The van der Waals surface area contributed by atoms with Crippen LogP contribution < -0.4 is 0 Å². The molecule has 6 heteroatoms. The van der Waals surface area contributed by atoms with Crippen molar-refractivity contribution in [1.29, 1.82) is 5.26 Å². The van der Waals surface area contributed by atoms with Gasteiger partial charge >= 0.3 is 0 Å². The van der Waals surface area contributed by atoms with E-state index in [1.807, 2.05) is 30.3 Å². The minimum absolute atomic E-state index is 0.103. The first-order chi connectivity index (χ1) is 17.7. The highest BCUT2D eigenvalue weighted by Crippen LogP contribution is 2.40. The lowest BCUT2D eigenvalue weighted by Crippen LogP contribution is -1.88. The van der Waals surface area contributed by atoms with Gasteiger partial charge in [0, 0.05) is 20.9 Å². The van der Waals surface area contributed by atoms with Crippen molar-refractivity contribution in [2.75, 3.05) is 0 Å². The smallest absolute Gasteiger partial charge is 0.235 e. The Bertz CT molecular complexity index is 2040. The van der Waals surface area contributed by atoms with Gasteiger partial charge in [-0.25, -0.2) is 9.98 Å². The van der Waals surface area contributed by atoms with Crippen molar-refractivity contribution in [3.05, 3.63) is 90.8 Å². The number of para-hydroxylation sites is 1. The first-order valence-electron chi connectivity index (χ1n) is 11.3. The fourth-order valence-corrected chi connectivity index (χ4v) is 5.84. The molecule has 168 valence electrons. The number of rotatable bonds is 3. The second-order valence-electron chi connectivity index (χ2n) is 8.52. The van der Waals surface area contributed by atoms with Crippen LogP contribution in [-0.4, -0.2) is 16.7 Å². The molecule has 0 saturated carbocycles. The van der Waals surface area contributed by atoms with Gasteiger partial charge in [0.05, 0.1) is 5.39 Å². The molecule has 0 radical (unpaired) electrons. The largest absolute Gasteiger partial charge is 0.456 e. The SMILES string of the molecule is C=Nc1nc(C#N)nc2sc3ccc(-c4cccc(-c5ccc6oc7ccccc7c6c5)c4)cc3c12. The average molecular weight is 481 g/mol. The first kappa shape index (κ1) is 20.5. The van der Waals surface area contributed by atoms with E-state index in [0.717, 1.165) is 64.5 Å². The fraction of sp³-hybridized carbons (Fsp3) is 0. The first-order valence-corrected chi connectivity index (χ1v) is 12.2. The van der Waals surface area contributed by atoms with Crippen LogP contribution in [0.15, 0.2) is 94.3 Å². The molecule has 0 fully saturated rings. The van der Waals surface area contributed by atoms with Gasteiger partial charge in [-0.2, -0.15) is 10.2 Å². The molecule has 0 bridgehead atoms. The zero-order valence-corrected chi connectivity index (χ0v) is 19.7. The number of thiophene rings is 1. The summed E-state index contributed by atoms with van der Waals surface area (Å²) in [5.41, 5.74) is 6.24. The Hall–Kier alpha value is -4.86. The molecule has 0 spiro atoms. The highest BCUT2D eigenvalue weighted by molar-refractivity contribution is 7.25. The maximum absolute atomic E-state index is 9.27. The van der Waals surface area contributed by atoms with Gasteiger partial charge in [-0.15, -0.1) is 11.3 Å². The van der Waals surface area contributed by atoms with E-state index in [1.165, 1.54) is 11.3 Å². The minimum Gasteiger partial charge on any atom is -0.456 e. The highest BCUT2D eigenvalue weighted by atomic mass is 32.1. The van der Waals surface area contributed by atoms with Crippen molar-refractivity contribution >= 4 is 66.1 Å². The van der Waals surface area contributed by atoms with E-state index in [4.69, 9.17) is 4.42 Å². The topological polar surface area (TPSA) is 75.1 Å². The van der Waals surface area contributed by atoms with Gasteiger partial charge < -0.3 is 4.42 Å². The molecule has 7 aromatic rings.